The van der Waals surface area contributed by atoms with Crippen molar-refractivity contribution in [3.63, 3.8) is 0 Å². The van der Waals surface area contributed by atoms with Gasteiger partial charge in [0, 0.05) is 12.5 Å². The number of hydrogen-bond donors (Lipinski definition) is 0. The van der Waals surface area contributed by atoms with Crippen molar-refractivity contribution in [2.75, 3.05) is 6.61 Å². The van der Waals surface area contributed by atoms with E-state index in [0.29, 0.717) is 12.0 Å². The summed E-state index contributed by atoms with van der Waals surface area (Å²) in [7, 11) is 0. The molecule has 1 aliphatic heterocycles. The maximum Gasteiger partial charge on any atom is 0.0685 e. The molecule has 1 saturated heterocycles. The van der Waals surface area contributed by atoms with Gasteiger partial charge in [-0.05, 0) is 24.7 Å². The third-order valence-electron chi connectivity index (χ3n) is 3.33. The molecular weight excluding hydrogens is 196 g/mol. The van der Waals surface area contributed by atoms with E-state index in [4.69, 9.17) is 4.74 Å². The predicted molar refractivity (Wildman–Crippen MR) is 70.6 cm³/mol. The normalized spacial score (nSPS) is 27.5. The summed E-state index contributed by atoms with van der Waals surface area (Å²) in [6.45, 7) is 10.1. The molecule has 0 radical (unpaired) electrons. The minimum atomic E-state index is 0.264. The van der Waals surface area contributed by atoms with E-state index >= 15 is 0 Å². The third-order valence-corrected chi connectivity index (χ3v) is 3.33. The zero-order chi connectivity index (χ0) is 12.0. The first-order valence-electron chi connectivity index (χ1n) is 6.84. The van der Waals surface area contributed by atoms with Gasteiger partial charge in [-0.1, -0.05) is 52.7 Å². The summed E-state index contributed by atoms with van der Waals surface area (Å²) in [4.78, 5) is 0. The number of hydrogen-bond acceptors (Lipinski definition) is 1. The lowest BCUT2D eigenvalue weighted by Crippen LogP contribution is -2.39. The molecule has 0 aliphatic carbocycles. The van der Waals surface area contributed by atoms with Crippen LogP contribution in [-0.4, -0.2) is 12.7 Å². The van der Waals surface area contributed by atoms with Crippen LogP contribution in [0.5, 0.6) is 0 Å². The van der Waals surface area contributed by atoms with Crippen LogP contribution in [0.25, 0.3) is 0 Å². The van der Waals surface area contributed by atoms with E-state index in [1.165, 1.54) is 32.1 Å². The molecule has 0 saturated carbocycles. The second kappa shape index (κ2) is 6.44. The van der Waals surface area contributed by atoms with Crippen LogP contribution in [0.15, 0.2) is 12.2 Å². The molecule has 1 aliphatic rings. The molecule has 94 valence electrons. The van der Waals surface area contributed by atoms with Gasteiger partial charge >= 0.3 is 0 Å². The fourth-order valence-corrected chi connectivity index (χ4v) is 2.49. The second-order valence-corrected chi connectivity index (χ2v) is 6.03. The van der Waals surface area contributed by atoms with Crippen LogP contribution >= 0.6 is 0 Å². The van der Waals surface area contributed by atoms with Gasteiger partial charge < -0.3 is 4.74 Å². The monoisotopic (exact) mass is 224 g/mol. The van der Waals surface area contributed by atoms with Crippen molar-refractivity contribution < 1.29 is 4.74 Å². The average molecular weight is 224 g/mol. The highest BCUT2D eigenvalue weighted by Gasteiger charge is 2.33. The third kappa shape index (κ3) is 4.29. The van der Waals surface area contributed by atoms with Crippen LogP contribution in [0, 0.1) is 11.3 Å². The Morgan fingerprint density at radius 2 is 2.06 bits per heavy atom. The molecule has 0 N–H and O–H groups in total. The highest BCUT2D eigenvalue weighted by atomic mass is 16.5. The smallest absolute Gasteiger partial charge is 0.0685 e. The number of ether oxygens (including phenoxy) is 1. The van der Waals surface area contributed by atoms with Crippen molar-refractivity contribution in [1.29, 1.82) is 0 Å². The van der Waals surface area contributed by atoms with Crippen molar-refractivity contribution >= 4 is 0 Å². The largest absolute Gasteiger partial charge is 0.377 e. The second-order valence-electron chi connectivity index (χ2n) is 6.03. The Balaban J connectivity index is 2.50. The zero-order valence-electron chi connectivity index (χ0n) is 11.5. The molecule has 1 nitrogen and oxygen atoms in total. The molecule has 0 unspecified atom stereocenters. The Kier molecular flexibility index (Phi) is 5.54. The molecule has 0 bridgehead atoms. The van der Waals surface area contributed by atoms with Gasteiger partial charge in [0.25, 0.3) is 0 Å². The standard InChI is InChI=1S/C15H28O/c1-5-6-7-8-10-13-11-9-12-16-14(13)15(2,3)4/h8,10,13-14H,5-7,9,11-12H2,1-4H3/b10-8+/t13-,14-/m0/s1. The molecular formula is C15H28O. The maximum atomic E-state index is 5.96. The van der Waals surface area contributed by atoms with Gasteiger partial charge in [0.2, 0.25) is 0 Å². The first-order chi connectivity index (χ1) is 7.55. The summed E-state index contributed by atoms with van der Waals surface area (Å²) in [5.41, 5.74) is 0.264. The molecule has 2 atom stereocenters. The molecule has 1 heteroatoms. The van der Waals surface area contributed by atoms with Crippen molar-refractivity contribution in [2.24, 2.45) is 11.3 Å². The fourth-order valence-electron chi connectivity index (χ4n) is 2.49. The summed E-state index contributed by atoms with van der Waals surface area (Å²) in [5, 5.41) is 0. The quantitative estimate of drug-likeness (QED) is 0.502. The number of unbranched alkanes of at least 4 members (excludes halogenated alkanes) is 2. The lowest BCUT2D eigenvalue weighted by Gasteiger charge is -2.39. The van der Waals surface area contributed by atoms with Gasteiger partial charge in [-0.15, -0.1) is 0 Å². The zero-order valence-corrected chi connectivity index (χ0v) is 11.5. The summed E-state index contributed by atoms with van der Waals surface area (Å²) in [6, 6.07) is 0. The van der Waals surface area contributed by atoms with E-state index in [-0.39, 0.29) is 5.41 Å². The average Bonchev–Trinajstić information content (AvgIpc) is 2.24. The van der Waals surface area contributed by atoms with E-state index in [0.717, 1.165) is 6.61 Å². The fraction of sp³-hybridized carbons (Fsp3) is 0.867. The summed E-state index contributed by atoms with van der Waals surface area (Å²) < 4.78 is 5.96. The Morgan fingerprint density at radius 3 is 2.69 bits per heavy atom. The Bertz CT molecular complexity index is 212. The maximum absolute atomic E-state index is 5.96. The SMILES string of the molecule is CCCC/C=C/[C@H]1CCCO[C@@H]1C(C)(C)C. The Hall–Kier alpha value is -0.300. The van der Waals surface area contributed by atoms with Gasteiger partial charge in [0.05, 0.1) is 6.10 Å². The Labute approximate surface area is 101 Å². The summed E-state index contributed by atoms with van der Waals surface area (Å²) >= 11 is 0. The first kappa shape index (κ1) is 13.8. The van der Waals surface area contributed by atoms with E-state index in [9.17, 15) is 0 Å². The first-order valence-corrected chi connectivity index (χ1v) is 6.84. The van der Waals surface area contributed by atoms with E-state index in [1.54, 1.807) is 0 Å². The summed E-state index contributed by atoms with van der Waals surface area (Å²) in [5.74, 6) is 0.630. The van der Waals surface area contributed by atoms with Gasteiger partial charge in [-0.25, -0.2) is 0 Å². The minimum Gasteiger partial charge on any atom is -0.377 e. The number of rotatable bonds is 4. The van der Waals surface area contributed by atoms with Crippen LogP contribution in [0.1, 0.15) is 59.8 Å². The molecule has 0 aromatic carbocycles. The predicted octanol–water partition coefficient (Wildman–Crippen LogP) is 4.57. The highest BCUT2D eigenvalue weighted by molar-refractivity contribution is 4.97. The van der Waals surface area contributed by atoms with Crippen molar-refractivity contribution in [3.05, 3.63) is 12.2 Å². The molecule has 0 aromatic heterocycles. The van der Waals surface area contributed by atoms with Crippen molar-refractivity contribution in [3.8, 4) is 0 Å². The summed E-state index contributed by atoms with van der Waals surface area (Å²) in [6.07, 6.45) is 11.5. The lowest BCUT2D eigenvalue weighted by atomic mass is 9.78. The number of allylic oxidation sites excluding steroid dienone is 1. The molecule has 1 fully saturated rings. The van der Waals surface area contributed by atoms with Crippen LogP contribution in [-0.2, 0) is 4.74 Å². The van der Waals surface area contributed by atoms with Crippen molar-refractivity contribution in [1.82, 2.24) is 0 Å². The van der Waals surface area contributed by atoms with E-state index in [1.807, 2.05) is 0 Å². The molecule has 0 spiro atoms. The molecule has 1 heterocycles. The van der Waals surface area contributed by atoms with Crippen LogP contribution < -0.4 is 0 Å². The van der Waals surface area contributed by atoms with Crippen LogP contribution in [0.3, 0.4) is 0 Å². The lowest BCUT2D eigenvalue weighted by molar-refractivity contribution is -0.0719. The van der Waals surface area contributed by atoms with Gasteiger partial charge in [-0.2, -0.15) is 0 Å². The van der Waals surface area contributed by atoms with Crippen LogP contribution in [0.4, 0.5) is 0 Å². The van der Waals surface area contributed by atoms with Gasteiger partial charge in [0.1, 0.15) is 0 Å². The Morgan fingerprint density at radius 1 is 1.31 bits per heavy atom. The van der Waals surface area contributed by atoms with Gasteiger partial charge in [-0.3, -0.25) is 0 Å². The van der Waals surface area contributed by atoms with Crippen LogP contribution in [0.2, 0.25) is 0 Å². The molecule has 0 aromatic rings. The molecule has 16 heavy (non-hydrogen) atoms. The molecule has 1 rings (SSSR count). The van der Waals surface area contributed by atoms with E-state index in [2.05, 4.69) is 39.8 Å². The topological polar surface area (TPSA) is 9.23 Å². The van der Waals surface area contributed by atoms with Crippen molar-refractivity contribution in [2.45, 2.75) is 65.9 Å². The van der Waals surface area contributed by atoms with E-state index < -0.39 is 0 Å². The highest BCUT2D eigenvalue weighted by Crippen LogP contribution is 2.34. The minimum absolute atomic E-state index is 0.264. The molecule has 0 amide bonds. The van der Waals surface area contributed by atoms with Gasteiger partial charge in [0.15, 0.2) is 0 Å².